The zero-order chi connectivity index (χ0) is 12.3. The Morgan fingerprint density at radius 3 is 2.94 bits per heavy atom. The fourth-order valence-corrected chi connectivity index (χ4v) is 1.97. The molecule has 0 bridgehead atoms. The highest BCUT2D eigenvalue weighted by molar-refractivity contribution is 5.77. The Balaban J connectivity index is 1.90. The Bertz CT molecular complexity index is 204. The topological polar surface area (TPSA) is 50.4 Å². The summed E-state index contributed by atoms with van der Waals surface area (Å²) in [5.74, 6) is 0.100. The van der Waals surface area contributed by atoms with E-state index in [4.69, 9.17) is 4.74 Å². The second kappa shape index (κ2) is 9.42. The molecule has 4 nitrogen and oxygen atoms in total. The largest absolute Gasteiger partial charge is 0.378 e. The standard InChI is InChI=1S/C13H26N2O2/c1-2-3-8-15-13(16)11-14-9-7-12-6-4-5-10-17-12/h12,14H,2-11H2,1H3,(H,15,16). The Kier molecular flexibility index (Phi) is 8.01. The van der Waals surface area contributed by atoms with E-state index < -0.39 is 0 Å². The van der Waals surface area contributed by atoms with Crippen LogP contribution in [0.3, 0.4) is 0 Å². The van der Waals surface area contributed by atoms with E-state index in [0.29, 0.717) is 12.6 Å². The Morgan fingerprint density at radius 1 is 1.35 bits per heavy atom. The van der Waals surface area contributed by atoms with Crippen molar-refractivity contribution < 1.29 is 9.53 Å². The number of nitrogens with one attached hydrogen (secondary N) is 2. The first kappa shape index (κ1) is 14.5. The summed E-state index contributed by atoms with van der Waals surface area (Å²) in [7, 11) is 0. The lowest BCUT2D eigenvalue weighted by Gasteiger charge is -2.22. The molecule has 0 aromatic carbocycles. The minimum atomic E-state index is 0.100. The number of ether oxygens (including phenoxy) is 1. The lowest BCUT2D eigenvalue weighted by atomic mass is 10.1. The van der Waals surface area contributed by atoms with Gasteiger partial charge in [-0.2, -0.15) is 0 Å². The normalized spacial score (nSPS) is 20.2. The van der Waals surface area contributed by atoms with E-state index in [1.165, 1.54) is 19.3 Å². The van der Waals surface area contributed by atoms with Gasteiger partial charge < -0.3 is 15.4 Å². The maximum atomic E-state index is 11.4. The molecule has 100 valence electrons. The predicted molar refractivity (Wildman–Crippen MR) is 69.0 cm³/mol. The number of carbonyl (C=O) groups excluding carboxylic acids is 1. The molecule has 1 amide bonds. The summed E-state index contributed by atoms with van der Waals surface area (Å²) in [6.45, 7) is 5.11. The van der Waals surface area contributed by atoms with Gasteiger partial charge in [-0.3, -0.25) is 4.79 Å². The van der Waals surface area contributed by atoms with Crippen LogP contribution < -0.4 is 10.6 Å². The van der Waals surface area contributed by atoms with Crippen LogP contribution in [0, 0.1) is 0 Å². The van der Waals surface area contributed by atoms with E-state index in [-0.39, 0.29) is 5.91 Å². The maximum Gasteiger partial charge on any atom is 0.233 e. The van der Waals surface area contributed by atoms with Gasteiger partial charge in [0.1, 0.15) is 0 Å². The summed E-state index contributed by atoms with van der Waals surface area (Å²) in [5, 5.41) is 6.06. The summed E-state index contributed by atoms with van der Waals surface area (Å²) in [6.07, 6.45) is 7.24. The molecule has 0 saturated carbocycles. The quantitative estimate of drug-likeness (QED) is 0.633. The number of unbranched alkanes of at least 4 members (excludes halogenated alkanes) is 1. The highest BCUT2D eigenvalue weighted by Gasteiger charge is 2.12. The van der Waals surface area contributed by atoms with Gasteiger partial charge >= 0.3 is 0 Å². The van der Waals surface area contributed by atoms with E-state index in [0.717, 1.165) is 39.0 Å². The fourth-order valence-electron chi connectivity index (χ4n) is 1.97. The van der Waals surface area contributed by atoms with E-state index >= 15 is 0 Å². The number of carbonyl (C=O) groups is 1. The van der Waals surface area contributed by atoms with E-state index in [9.17, 15) is 4.79 Å². The van der Waals surface area contributed by atoms with Crippen LogP contribution in [-0.2, 0) is 9.53 Å². The molecule has 1 rings (SSSR count). The first-order valence-electron chi connectivity index (χ1n) is 6.92. The maximum absolute atomic E-state index is 11.4. The van der Waals surface area contributed by atoms with Crippen LogP contribution in [0.5, 0.6) is 0 Å². The van der Waals surface area contributed by atoms with Crippen LogP contribution >= 0.6 is 0 Å². The van der Waals surface area contributed by atoms with Gasteiger partial charge in [0.2, 0.25) is 5.91 Å². The van der Waals surface area contributed by atoms with Crippen LogP contribution in [0.1, 0.15) is 45.4 Å². The number of amides is 1. The number of hydrogen-bond acceptors (Lipinski definition) is 3. The molecule has 4 heteroatoms. The fraction of sp³-hybridized carbons (Fsp3) is 0.923. The highest BCUT2D eigenvalue weighted by Crippen LogP contribution is 2.14. The first-order valence-corrected chi connectivity index (χ1v) is 6.92. The molecule has 0 radical (unpaired) electrons. The Labute approximate surface area is 104 Å². The zero-order valence-electron chi connectivity index (χ0n) is 11.0. The molecule has 0 aromatic heterocycles. The van der Waals surface area contributed by atoms with Crippen molar-refractivity contribution in [2.24, 2.45) is 0 Å². The second-order valence-corrected chi connectivity index (χ2v) is 4.66. The van der Waals surface area contributed by atoms with Crippen molar-refractivity contribution in [3.8, 4) is 0 Å². The van der Waals surface area contributed by atoms with Crippen LogP contribution in [0.2, 0.25) is 0 Å². The molecule has 1 fully saturated rings. The van der Waals surface area contributed by atoms with Crippen LogP contribution in [0.25, 0.3) is 0 Å². The monoisotopic (exact) mass is 242 g/mol. The minimum absolute atomic E-state index is 0.100. The molecule has 0 spiro atoms. The molecule has 0 aromatic rings. The average Bonchev–Trinajstić information content (AvgIpc) is 2.36. The van der Waals surface area contributed by atoms with Crippen molar-refractivity contribution in [3.63, 3.8) is 0 Å². The minimum Gasteiger partial charge on any atom is -0.378 e. The molecule has 17 heavy (non-hydrogen) atoms. The van der Waals surface area contributed by atoms with Crippen LogP contribution in [-0.4, -0.2) is 38.3 Å². The van der Waals surface area contributed by atoms with Gasteiger partial charge in [-0.25, -0.2) is 0 Å². The van der Waals surface area contributed by atoms with Crippen LogP contribution in [0.15, 0.2) is 0 Å². The van der Waals surface area contributed by atoms with Crippen molar-refractivity contribution in [2.45, 2.75) is 51.6 Å². The van der Waals surface area contributed by atoms with Gasteiger partial charge in [0.05, 0.1) is 12.6 Å². The average molecular weight is 242 g/mol. The Hall–Kier alpha value is -0.610. The third-order valence-corrected chi connectivity index (χ3v) is 3.06. The van der Waals surface area contributed by atoms with Crippen molar-refractivity contribution in [2.75, 3.05) is 26.2 Å². The van der Waals surface area contributed by atoms with Crippen molar-refractivity contribution in [1.29, 1.82) is 0 Å². The van der Waals surface area contributed by atoms with Crippen molar-refractivity contribution >= 4 is 5.91 Å². The van der Waals surface area contributed by atoms with E-state index in [2.05, 4.69) is 17.6 Å². The SMILES string of the molecule is CCCCNC(=O)CNCCC1CCCCO1. The molecule has 0 aliphatic carbocycles. The van der Waals surface area contributed by atoms with Crippen molar-refractivity contribution in [3.05, 3.63) is 0 Å². The molecule has 1 aliphatic rings. The van der Waals surface area contributed by atoms with E-state index in [1.54, 1.807) is 0 Å². The molecule has 1 aliphatic heterocycles. The summed E-state index contributed by atoms with van der Waals surface area (Å²) in [5.41, 5.74) is 0. The van der Waals surface area contributed by atoms with Gasteiger partial charge in [-0.05, 0) is 38.6 Å². The van der Waals surface area contributed by atoms with Gasteiger partial charge in [0.25, 0.3) is 0 Å². The lowest BCUT2D eigenvalue weighted by molar-refractivity contribution is -0.120. The van der Waals surface area contributed by atoms with Gasteiger partial charge in [0, 0.05) is 13.2 Å². The molecule has 1 unspecified atom stereocenters. The van der Waals surface area contributed by atoms with Crippen LogP contribution in [0.4, 0.5) is 0 Å². The second-order valence-electron chi connectivity index (χ2n) is 4.66. The zero-order valence-corrected chi connectivity index (χ0v) is 11.0. The number of hydrogen-bond donors (Lipinski definition) is 2. The predicted octanol–water partition coefficient (Wildman–Crippen LogP) is 1.45. The van der Waals surface area contributed by atoms with Gasteiger partial charge in [0.15, 0.2) is 0 Å². The third-order valence-electron chi connectivity index (χ3n) is 3.06. The summed E-state index contributed by atoms with van der Waals surface area (Å²) >= 11 is 0. The molecular formula is C13H26N2O2. The lowest BCUT2D eigenvalue weighted by Crippen LogP contribution is -2.35. The molecule has 1 atom stereocenters. The summed E-state index contributed by atoms with van der Waals surface area (Å²) in [4.78, 5) is 11.4. The third kappa shape index (κ3) is 7.34. The summed E-state index contributed by atoms with van der Waals surface area (Å²) < 4.78 is 5.62. The molecular weight excluding hydrogens is 216 g/mol. The van der Waals surface area contributed by atoms with Gasteiger partial charge in [-0.1, -0.05) is 13.3 Å². The highest BCUT2D eigenvalue weighted by atomic mass is 16.5. The first-order chi connectivity index (χ1) is 8.33. The van der Waals surface area contributed by atoms with E-state index in [1.807, 2.05) is 0 Å². The smallest absolute Gasteiger partial charge is 0.233 e. The summed E-state index contributed by atoms with van der Waals surface area (Å²) in [6, 6.07) is 0. The number of rotatable bonds is 8. The van der Waals surface area contributed by atoms with Crippen molar-refractivity contribution in [1.82, 2.24) is 10.6 Å². The molecule has 2 N–H and O–H groups in total. The van der Waals surface area contributed by atoms with Gasteiger partial charge in [-0.15, -0.1) is 0 Å². The Morgan fingerprint density at radius 2 is 2.24 bits per heavy atom. The molecule has 1 saturated heterocycles. The molecule has 1 heterocycles.